The van der Waals surface area contributed by atoms with Crippen molar-refractivity contribution in [2.24, 2.45) is 5.41 Å². The lowest BCUT2D eigenvalue weighted by molar-refractivity contribution is -0.123. The Morgan fingerprint density at radius 1 is 0.920 bits per heavy atom. The van der Waals surface area contributed by atoms with Crippen molar-refractivity contribution in [3.8, 4) is 0 Å². The summed E-state index contributed by atoms with van der Waals surface area (Å²) in [4.78, 5) is 16.6. The van der Waals surface area contributed by atoms with Crippen LogP contribution in [0.25, 0.3) is 0 Å². The molecule has 1 aliphatic rings. The summed E-state index contributed by atoms with van der Waals surface area (Å²) in [5.74, 6) is 1.28. The van der Waals surface area contributed by atoms with Crippen LogP contribution in [0.15, 0.2) is 42.5 Å². The third kappa shape index (κ3) is 4.26. The Bertz CT molecular complexity index is 701. The van der Waals surface area contributed by atoms with Gasteiger partial charge >= 0.3 is 0 Å². The van der Waals surface area contributed by atoms with Crippen LogP contribution in [0, 0.1) is 5.41 Å². The zero-order chi connectivity index (χ0) is 17.9. The molecular formula is C19H25N5O. The second kappa shape index (κ2) is 7.09. The number of aromatic nitrogens is 2. The zero-order valence-electron chi connectivity index (χ0n) is 15.1. The van der Waals surface area contributed by atoms with Crippen LogP contribution >= 0.6 is 0 Å². The monoisotopic (exact) mass is 339 g/mol. The smallest absolute Gasteiger partial charge is 0.230 e. The maximum Gasteiger partial charge on any atom is 0.230 e. The number of piperazine rings is 1. The van der Waals surface area contributed by atoms with E-state index < -0.39 is 5.41 Å². The highest BCUT2D eigenvalue weighted by Gasteiger charge is 2.22. The average Bonchev–Trinajstić information content (AvgIpc) is 2.62. The van der Waals surface area contributed by atoms with E-state index in [4.69, 9.17) is 0 Å². The molecule has 1 saturated heterocycles. The molecule has 1 aromatic carbocycles. The maximum atomic E-state index is 12.0. The number of carbonyl (C=O) groups excluding carboxylic acids is 1. The molecule has 0 saturated carbocycles. The predicted octanol–water partition coefficient (Wildman–Crippen LogP) is 2.79. The van der Waals surface area contributed by atoms with E-state index >= 15 is 0 Å². The van der Waals surface area contributed by atoms with Gasteiger partial charge in [0.15, 0.2) is 11.6 Å². The summed E-state index contributed by atoms with van der Waals surface area (Å²) in [5, 5.41) is 11.2. The number of nitrogens with one attached hydrogen (secondary N) is 1. The number of benzene rings is 1. The maximum absolute atomic E-state index is 12.0. The van der Waals surface area contributed by atoms with E-state index in [9.17, 15) is 4.79 Å². The van der Waals surface area contributed by atoms with E-state index in [1.165, 1.54) is 5.69 Å². The van der Waals surface area contributed by atoms with Crippen molar-refractivity contribution >= 4 is 23.2 Å². The standard InChI is InChI=1S/C19H25N5O/c1-19(2,3)18(25)20-16-9-10-17(22-21-16)24-13-11-23(12-14-24)15-7-5-4-6-8-15/h4-10H,11-14H2,1-3H3,(H,20,21,25). The molecule has 0 atom stereocenters. The summed E-state index contributed by atoms with van der Waals surface area (Å²) in [7, 11) is 0. The Hall–Kier alpha value is -2.63. The Balaban J connectivity index is 1.58. The lowest BCUT2D eigenvalue weighted by atomic mass is 9.96. The molecule has 0 aliphatic carbocycles. The number of carbonyl (C=O) groups is 1. The van der Waals surface area contributed by atoms with Gasteiger partial charge in [-0.15, -0.1) is 10.2 Å². The number of hydrogen-bond donors (Lipinski definition) is 1. The lowest BCUT2D eigenvalue weighted by Gasteiger charge is -2.36. The van der Waals surface area contributed by atoms with E-state index in [2.05, 4.69) is 49.6 Å². The van der Waals surface area contributed by atoms with E-state index in [1.807, 2.05) is 39.0 Å². The van der Waals surface area contributed by atoms with Crippen molar-refractivity contribution < 1.29 is 4.79 Å². The zero-order valence-corrected chi connectivity index (χ0v) is 15.1. The number of hydrogen-bond acceptors (Lipinski definition) is 5. The van der Waals surface area contributed by atoms with Crippen molar-refractivity contribution in [2.45, 2.75) is 20.8 Å². The van der Waals surface area contributed by atoms with Gasteiger partial charge in [0.2, 0.25) is 5.91 Å². The largest absolute Gasteiger partial charge is 0.368 e. The first-order valence-electron chi connectivity index (χ1n) is 8.63. The van der Waals surface area contributed by atoms with Gasteiger partial charge < -0.3 is 15.1 Å². The minimum Gasteiger partial charge on any atom is -0.368 e. The minimum atomic E-state index is -0.450. The molecule has 0 radical (unpaired) electrons. The van der Waals surface area contributed by atoms with Gasteiger partial charge in [-0.25, -0.2) is 0 Å². The lowest BCUT2D eigenvalue weighted by Crippen LogP contribution is -2.46. The van der Waals surface area contributed by atoms with Crippen LogP contribution in [0.1, 0.15) is 20.8 Å². The molecule has 1 aromatic heterocycles. The first-order valence-corrected chi connectivity index (χ1v) is 8.63. The average molecular weight is 339 g/mol. The molecule has 1 fully saturated rings. The van der Waals surface area contributed by atoms with Crippen LogP contribution in [0.3, 0.4) is 0 Å². The van der Waals surface area contributed by atoms with Crippen molar-refractivity contribution in [3.63, 3.8) is 0 Å². The van der Waals surface area contributed by atoms with Crippen molar-refractivity contribution in [1.29, 1.82) is 0 Å². The molecule has 1 amide bonds. The Morgan fingerprint density at radius 2 is 1.56 bits per heavy atom. The molecule has 1 N–H and O–H groups in total. The second-order valence-electron chi connectivity index (χ2n) is 7.29. The molecule has 132 valence electrons. The van der Waals surface area contributed by atoms with Crippen LogP contribution in [0.5, 0.6) is 0 Å². The van der Waals surface area contributed by atoms with Gasteiger partial charge in [0.25, 0.3) is 0 Å². The summed E-state index contributed by atoms with van der Waals surface area (Å²) in [6.45, 7) is 9.32. The van der Waals surface area contributed by atoms with Crippen LogP contribution in [-0.4, -0.2) is 42.3 Å². The normalized spacial score (nSPS) is 15.2. The van der Waals surface area contributed by atoms with Gasteiger partial charge in [-0.2, -0.15) is 0 Å². The van der Waals surface area contributed by atoms with Gasteiger partial charge in [-0.1, -0.05) is 39.0 Å². The summed E-state index contributed by atoms with van der Waals surface area (Å²) in [5.41, 5.74) is 0.808. The Labute approximate surface area is 148 Å². The number of anilines is 3. The molecule has 0 bridgehead atoms. The van der Waals surface area contributed by atoms with Crippen LogP contribution < -0.4 is 15.1 Å². The summed E-state index contributed by atoms with van der Waals surface area (Å²) < 4.78 is 0. The SMILES string of the molecule is CC(C)(C)C(=O)Nc1ccc(N2CCN(c3ccccc3)CC2)nn1. The third-order valence-electron chi connectivity index (χ3n) is 4.30. The molecule has 0 spiro atoms. The predicted molar refractivity (Wildman–Crippen MR) is 101 cm³/mol. The quantitative estimate of drug-likeness (QED) is 0.932. The van der Waals surface area contributed by atoms with E-state index in [1.54, 1.807) is 0 Å². The van der Waals surface area contributed by atoms with Gasteiger partial charge in [-0.05, 0) is 24.3 Å². The summed E-state index contributed by atoms with van der Waals surface area (Å²) in [6.07, 6.45) is 0. The van der Waals surface area contributed by atoms with Gasteiger partial charge in [0, 0.05) is 37.3 Å². The minimum absolute atomic E-state index is 0.0639. The highest BCUT2D eigenvalue weighted by atomic mass is 16.2. The fourth-order valence-electron chi connectivity index (χ4n) is 2.70. The number of amides is 1. The van der Waals surface area contributed by atoms with Gasteiger partial charge in [0.05, 0.1) is 0 Å². The van der Waals surface area contributed by atoms with Crippen molar-refractivity contribution in [3.05, 3.63) is 42.5 Å². The van der Waals surface area contributed by atoms with Crippen LogP contribution in [0.4, 0.5) is 17.3 Å². The molecule has 1 aliphatic heterocycles. The highest BCUT2D eigenvalue weighted by Crippen LogP contribution is 2.20. The molecule has 6 nitrogen and oxygen atoms in total. The van der Waals surface area contributed by atoms with E-state index in [-0.39, 0.29) is 5.91 Å². The second-order valence-corrected chi connectivity index (χ2v) is 7.29. The molecule has 25 heavy (non-hydrogen) atoms. The van der Waals surface area contributed by atoms with Crippen LogP contribution in [-0.2, 0) is 4.79 Å². The fourth-order valence-corrected chi connectivity index (χ4v) is 2.70. The molecule has 2 aromatic rings. The highest BCUT2D eigenvalue weighted by molar-refractivity contribution is 5.93. The van der Waals surface area contributed by atoms with E-state index in [0.717, 1.165) is 32.0 Å². The van der Waals surface area contributed by atoms with Crippen LogP contribution in [0.2, 0.25) is 0 Å². The Morgan fingerprint density at radius 3 is 2.12 bits per heavy atom. The summed E-state index contributed by atoms with van der Waals surface area (Å²) >= 11 is 0. The molecule has 3 rings (SSSR count). The molecule has 0 unspecified atom stereocenters. The van der Waals surface area contributed by atoms with Crippen molar-refractivity contribution in [2.75, 3.05) is 41.3 Å². The molecule has 2 heterocycles. The Kier molecular flexibility index (Phi) is 4.88. The molecular weight excluding hydrogens is 314 g/mol. The van der Waals surface area contributed by atoms with Gasteiger partial charge in [-0.3, -0.25) is 4.79 Å². The topological polar surface area (TPSA) is 61.4 Å². The number of para-hydroxylation sites is 1. The van der Waals surface area contributed by atoms with E-state index in [0.29, 0.717) is 5.82 Å². The first-order chi connectivity index (χ1) is 11.9. The number of nitrogens with zero attached hydrogens (tertiary/aromatic N) is 4. The number of rotatable bonds is 3. The summed E-state index contributed by atoms with van der Waals surface area (Å²) in [6, 6.07) is 14.2. The first kappa shape index (κ1) is 17.2. The van der Waals surface area contributed by atoms with Gasteiger partial charge in [0.1, 0.15) is 0 Å². The third-order valence-corrected chi connectivity index (χ3v) is 4.30. The fraction of sp³-hybridized carbons (Fsp3) is 0.421. The van der Waals surface area contributed by atoms with Crippen molar-refractivity contribution in [1.82, 2.24) is 10.2 Å². The molecule has 6 heteroatoms.